The van der Waals surface area contributed by atoms with Crippen molar-refractivity contribution in [1.82, 2.24) is 5.32 Å². The minimum Gasteiger partial charge on any atom is -0.394 e. The summed E-state index contributed by atoms with van der Waals surface area (Å²) in [6, 6.07) is -0.814. The number of aliphatic hydroxyl groups excluding tert-OH is 5. The standard InChI is InChI=1S/C79H139NO8/c1-3-5-7-9-11-13-15-17-19-21-23-25-27-29-31-33-34-35-36-37-38-39-40-41-43-45-47-49-51-53-55-57-59-61-63-65-67-69-75(83)80-72(71-87-79-78(86)77(85)76(84)74(70-81)88-79)73(82)68-66-64-62-60-58-56-54-52-50-48-46-44-42-32-30-28-26-24-22-20-18-16-14-12-10-8-6-4-2/h5,7,11,13,17,19,23,25,29,31,34-35,37-38,40-41,66,68,72-74,76-79,81-82,84-86H,3-4,6,8-10,12,14-16,18,20-22,24,26-28,30,32-33,36,39,42-65,67,69-71H2,1-2H3,(H,80,83)/b7-5-,13-11-,19-17-,25-23-,31-29-,35-34-,38-37-,41-40-,68-66+. The molecule has 9 heteroatoms. The summed E-state index contributed by atoms with van der Waals surface area (Å²) in [6.45, 7) is 3.70. The SMILES string of the molecule is CC/C=C\C/C=C\C/C=C\C/C=C\C/C=C\C/C=C\C/C=C\C/C=C\CCCCCCCCCCCCCCC(=O)NC(COC1OC(CO)C(O)C(O)C1O)C(O)/C=C/CCCCCCCCCCCCCCCCCCCCCCCCCCCC. The van der Waals surface area contributed by atoms with Gasteiger partial charge in [0, 0.05) is 6.42 Å². The average Bonchev–Trinajstić information content (AvgIpc) is 3.29. The first kappa shape index (κ1) is 82.9. The number of unbranched alkanes of at least 4 members (excludes halogenated alkanes) is 38. The Morgan fingerprint density at radius 1 is 0.398 bits per heavy atom. The first-order chi connectivity index (χ1) is 43.3. The van der Waals surface area contributed by atoms with E-state index in [1.807, 2.05) is 6.08 Å². The van der Waals surface area contributed by atoms with E-state index in [-0.39, 0.29) is 12.5 Å². The third kappa shape index (κ3) is 54.6. The molecule has 0 saturated carbocycles. The fraction of sp³-hybridized carbons (Fsp3) is 0.759. The number of carbonyl (C=O) groups is 1. The molecular formula is C79H139NO8. The zero-order valence-electron chi connectivity index (χ0n) is 57.0. The lowest BCUT2D eigenvalue weighted by molar-refractivity contribution is -0.302. The van der Waals surface area contributed by atoms with Crippen LogP contribution in [0.2, 0.25) is 0 Å². The minimum atomic E-state index is -1.57. The number of ether oxygens (including phenoxy) is 2. The van der Waals surface area contributed by atoms with Crippen molar-refractivity contribution in [2.24, 2.45) is 0 Å². The number of aliphatic hydroxyl groups is 5. The molecule has 0 aromatic rings. The number of nitrogens with one attached hydrogen (secondary N) is 1. The predicted molar refractivity (Wildman–Crippen MR) is 377 cm³/mol. The molecule has 7 unspecified atom stereocenters. The zero-order valence-corrected chi connectivity index (χ0v) is 57.0. The third-order valence-corrected chi connectivity index (χ3v) is 17.1. The van der Waals surface area contributed by atoms with Gasteiger partial charge >= 0.3 is 0 Å². The first-order valence-corrected chi connectivity index (χ1v) is 37.1. The van der Waals surface area contributed by atoms with Gasteiger partial charge in [-0.25, -0.2) is 0 Å². The monoisotopic (exact) mass is 1230 g/mol. The molecule has 0 bridgehead atoms. The van der Waals surface area contributed by atoms with Crippen molar-refractivity contribution in [3.05, 3.63) is 109 Å². The van der Waals surface area contributed by atoms with Gasteiger partial charge in [0.15, 0.2) is 6.29 Å². The van der Waals surface area contributed by atoms with Crippen LogP contribution < -0.4 is 5.32 Å². The van der Waals surface area contributed by atoms with Gasteiger partial charge in [0.1, 0.15) is 24.4 Å². The maximum Gasteiger partial charge on any atom is 0.220 e. The van der Waals surface area contributed by atoms with Crippen LogP contribution in [0.15, 0.2) is 109 Å². The van der Waals surface area contributed by atoms with Gasteiger partial charge in [-0.2, -0.15) is 0 Å². The predicted octanol–water partition coefficient (Wildman–Crippen LogP) is 20.8. The van der Waals surface area contributed by atoms with Gasteiger partial charge < -0.3 is 40.3 Å². The number of allylic oxidation sites excluding steroid dienone is 17. The quantitative estimate of drug-likeness (QED) is 0.0261. The smallest absolute Gasteiger partial charge is 0.220 e. The Hall–Kier alpha value is -3.15. The molecule has 7 atom stereocenters. The molecule has 0 radical (unpaired) electrons. The molecule has 1 heterocycles. The van der Waals surface area contributed by atoms with Gasteiger partial charge in [-0.05, 0) is 83.5 Å². The van der Waals surface area contributed by atoms with E-state index >= 15 is 0 Å². The Morgan fingerprint density at radius 2 is 0.705 bits per heavy atom. The summed E-state index contributed by atoms with van der Waals surface area (Å²) in [5.41, 5.74) is 0. The van der Waals surface area contributed by atoms with Gasteiger partial charge in [-0.15, -0.1) is 0 Å². The normalized spacial score (nSPS) is 18.6. The second-order valence-electron chi connectivity index (χ2n) is 25.4. The van der Waals surface area contributed by atoms with Crippen LogP contribution in [0.1, 0.15) is 328 Å². The molecule has 1 aliphatic heterocycles. The Balaban J connectivity index is 2.13. The highest BCUT2D eigenvalue weighted by Crippen LogP contribution is 2.23. The number of rotatable bonds is 64. The van der Waals surface area contributed by atoms with Crippen LogP contribution in [0.3, 0.4) is 0 Å². The molecule has 1 saturated heterocycles. The zero-order chi connectivity index (χ0) is 63.5. The van der Waals surface area contributed by atoms with Crippen molar-refractivity contribution in [2.45, 2.75) is 371 Å². The highest BCUT2D eigenvalue weighted by atomic mass is 16.7. The van der Waals surface area contributed by atoms with Gasteiger partial charge in [0.05, 0.1) is 25.4 Å². The third-order valence-electron chi connectivity index (χ3n) is 17.1. The number of hydrogen-bond donors (Lipinski definition) is 6. The molecular weight excluding hydrogens is 1090 g/mol. The number of amides is 1. The molecule has 1 rings (SSSR count). The van der Waals surface area contributed by atoms with E-state index in [1.165, 1.54) is 218 Å². The number of carbonyl (C=O) groups excluding carboxylic acids is 1. The summed E-state index contributed by atoms with van der Waals surface area (Å²) in [4.78, 5) is 13.2. The topological polar surface area (TPSA) is 149 Å². The lowest BCUT2D eigenvalue weighted by atomic mass is 9.99. The maximum absolute atomic E-state index is 13.2. The van der Waals surface area contributed by atoms with Crippen molar-refractivity contribution in [1.29, 1.82) is 0 Å². The van der Waals surface area contributed by atoms with Gasteiger partial charge in [0.25, 0.3) is 0 Å². The molecule has 0 aliphatic carbocycles. The van der Waals surface area contributed by atoms with E-state index in [0.29, 0.717) is 6.42 Å². The second-order valence-corrected chi connectivity index (χ2v) is 25.4. The van der Waals surface area contributed by atoms with E-state index < -0.39 is 49.5 Å². The lowest BCUT2D eigenvalue weighted by Crippen LogP contribution is -2.60. The molecule has 0 aromatic carbocycles. The van der Waals surface area contributed by atoms with Crippen molar-refractivity contribution >= 4 is 5.91 Å². The van der Waals surface area contributed by atoms with Crippen molar-refractivity contribution in [2.75, 3.05) is 13.2 Å². The Morgan fingerprint density at radius 3 is 1.05 bits per heavy atom. The van der Waals surface area contributed by atoms with E-state index in [1.54, 1.807) is 6.08 Å². The van der Waals surface area contributed by atoms with Gasteiger partial charge in [0.2, 0.25) is 5.91 Å². The van der Waals surface area contributed by atoms with E-state index in [9.17, 15) is 30.3 Å². The summed E-state index contributed by atoms with van der Waals surface area (Å²) in [7, 11) is 0. The Labute approximate surface area is 542 Å². The van der Waals surface area contributed by atoms with Crippen LogP contribution in [-0.2, 0) is 14.3 Å². The molecule has 88 heavy (non-hydrogen) atoms. The van der Waals surface area contributed by atoms with Crippen LogP contribution in [0.25, 0.3) is 0 Å². The minimum absolute atomic E-state index is 0.179. The summed E-state index contributed by atoms with van der Waals surface area (Å²) in [5, 5.41) is 54.8. The molecule has 0 aromatic heterocycles. The highest BCUT2D eigenvalue weighted by Gasteiger charge is 2.44. The van der Waals surface area contributed by atoms with Crippen LogP contribution >= 0.6 is 0 Å². The van der Waals surface area contributed by atoms with Crippen LogP contribution in [0.5, 0.6) is 0 Å². The largest absolute Gasteiger partial charge is 0.394 e. The van der Waals surface area contributed by atoms with Crippen LogP contribution in [-0.4, -0.2) is 87.5 Å². The molecule has 9 nitrogen and oxygen atoms in total. The van der Waals surface area contributed by atoms with Crippen molar-refractivity contribution in [3.8, 4) is 0 Å². The molecule has 1 fully saturated rings. The van der Waals surface area contributed by atoms with Gasteiger partial charge in [-0.3, -0.25) is 4.79 Å². The average molecular weight is 1230 g/mol. The van der Waals surface area contributed by atoms with E-state index in [2.05, 4.69) is 116 Å². The summed E-state index contributed by atoms with van der Waals surface area (Å²) < 4.78 is 11.3. The molecule has 1 aliphatic rings. The molecule has 1 amide bonds. The van der Waals surface area contributed by atoms with Crippen molar-refractivity contribution in [3.63, 3.8) is 0 Å². The second kappa shape index (κ2) is 66.8. The summed E-state index contributed by atoms with van der Waals surface area (Å²) >= 11 is 0. The van der Waals surface area contributed by atoms with E-state index in [0.717, 1.165) is 89.9 Å². The molecule has 0 spiro atoms. The summed E-state index contributed by atoms with van der Waals surface area (Å²) in [6.07, 6.45) is 92.0. The fourth-order valence-electron chi connectivity index (χ4n) is 11.4. The van der Waals surface area contributed by atoms with Crippen molar-refractivity contribution < 1.29 is 39.8 Å². The molecule has 508 valence electrons. The Bertz CT molecular complexity index is 1760. The highest BCUT2D eigenvalue weighted by molar-refractivity contribution is 5.76. The van der Waals surface area contributed by atoms with E-state index in [4.69, 9.17) is 9.47 Å². The number of hydrogen-bond acceptors (Lipinski definition) is 8. The van der Waals surface area contributed by atoms with Crippen LogP contribution in [0.4, 0.5) is 0 Å². The van der Waals surface area contributed by atoms with Gasteiger partial charge in [-0.1, -0.05) is 348 Å². The summed E-state index contributed by atoms with van der Waals surface area (Å²) in [5.74, 6) is -0.179. The maximum atomic E-state index is 13.2. The molecule has 6 N–H and O–H groups in total. The Kier molecular flexibility index (Phi) is 62.9. The first-order valence-electron chi connectivity index (χ1n) is 37.1. The fourth-order valence-corrected chi connectivity index (χ4v) is 11.4. The lowest BCUT2D eigenvalue weighted by Gasteiger charge is -2.40. The van der Waals surface area contributed by atoms with Crippen LogP contribution in [0, 0.1) is 0 Å².